The first-order valence-electron chi connectivity index (χ1n) is 11.7. The van der Waals surface area contributed by atoms with Crippen LogP contribution < -0.4 is 5.32 Å². The van der Waals surface area contributed by atoms with Gasteiger partial charge in [0, 0.05) is 36.1 Å². The molecule has 2 aliphatic rings. The Morgan fingerprint density at radius 3 is 2.68 bits per heavy atom. The summed E-state index contributed by atoms with van der Waals surface area (Å²) in [7, 11) is 0. The van der Waals surface area contributed by atoms with Gasteiger partial charge in [0.25, 0.3) is 0 Å². The number of Topliss-reactive ketones (excluding diaryl/α,β-unsaturated/α-hetero) is 2. The Morgan fingerprint density at radius 2 is 1.94 bits per heavy atom. The van der Waals surface area contributed by atoms with Gasteiger partial charge in [-0.15, -0.1) is 0 Å². The normalized spacial score (nSPS) is 20.1. The molecule has 1 fully saturated rings. The molecule has 2 atom stereocenters. The van der Waals surface area contributed by atoms with Gasteiger partial charge in [-0.2, -0.15) is 10.2 Å². The predicted molar refractivity (Wildman–Crippen MR) is 123 cm³/mol. The number of anilines is 1. The molecular formula is C25H26FN5O3. The van der Waals surface area contributed by atoms with Crippen LogP contribution in [-0.2, 0) is 11.3 Å². The zero-order valence-corrected chi connectivity index (χ0v) is 18.9. The smallest absolute Gasteiger partial charge is 0.228 e. The molecule has 1 aliphatic heterocycles. The van der Waals surface area contributed by atoms with E-state index in [-0.39, 0.29) is 23.0 Å². The van der Waals surface area contributed by atoms with Gasteiger partial charge in [0.15, 0.2) is 11.6 Å². The quantitative estimate of drug-likeness (QED) is 0.548. The third kappa shape index (κ3) is 4.06. The Bertz CT molecular complexity index is 1280. The van der Waals surface area contributed by atoms with Gasteiger partial charge in [0.05, 0.1) is 23.1 Å². The van der Waals surface area contributed by atoms with Gasteiger partial charge in [-0.05, 0) is 44.4 Å². The molecule has 1 aromatic carbocycles. The molecule has 3 aromatic rings. The average molecular weight is 464 g/mol. The number of rotatable bonds is 5. The minimum Gasteiger partial charge on any atom is -0.323 e. The Hall–Kier alpha value is -3.62. The van der Waals surface area contributed by atoms with E-state index in [1.165, 1.54) is 18.3 Å². The molecule has 0 bridgehead atoms. The molecule has 0 radical (unpaired) electrons. The van der Waals surface area contributed by atoms with E-state index in [2.05, 4.69) is 20.6 Å². The second-order valence-corrected chi connectivity index (χ2v) is 9.14. The number of aromatic amines is 1. The molecule has 1 amide bonds. The molecule has 2 unspecified atom stereocenters. The van der Waals surface area contributed by atoms with Crippen LogP contribution in [0.25, 0.3) is 11.3 Å². The number of H-pyrrole nitrogens is 1. The first kappa shape index (κ1) is 22.2. The number of carbonyl (C=O) groups excluding carboxylic acids is 3. The summed E-state index contributed by atoms with van der Waals surface area (Å²) < 4.78 is 16.6. The number of benzene rings is 1. The number of hydrogen-bond acceptors (Lipinski definition) is 5. The first-order valence-corrected chi connectivity index (χ1v) is 11.7. The van der Waals surface area contributed by atoms with Crippen molar-refractivity contribution in [2.24, 2.45) is 11.8 Å². The van der Waals surface area contributed by atoms with Gasteiger partial charge in [0.1, 0.15) is 11.5 Å². The Morgan fingerprint density at radius 1 is 1.15 bits per heavy atom. The maximum absolute atomic E-state index is 15.0. The van der Waals surface area contributed by atoms with Crippen molar-refractivity contribution >= 4 is 23.2 Å². The predicted octanol–water partition coefficient (Wildman–Crippen LogP) is 4.33. The maximum Gasteiger partial charge on any atom is 0.228 e. The number of fused-ring (bicyclic) bond motifs is 1. The molecule has 1 saturated carbocycles. The summed E-state index contributed by atoms with van der Waals surface area (Å²) in [6.07, 6.45) is 5.30. The number of hydrogen-bond donors (Lipinski definition) is 2. The minimum atomic E-state index is -0.621. The number of nitrogens with zero attached hydrogens (tertiary/aromatic N) is 3. The fraction of sp³-hybridized carbons (Fsp3) is 0.400. The third-order valence-corrected chi connectivity index (χ3v) is 6.81. The fourth-order valence-electron chi connectivity index (χ4n) is 5.07. The van der Waals surface area contributed by atoms with Crippen molar-refractivity contribution in [1.29, 1.82) is 0 Å². The van der Waals surface area contributed by atoms with Gasteiger partial charge in [-0.25, -0.2) is 4.39 Å². The van der Waals surface area contributed by atoms with Crippen LogP contribution in [0, 0.1) is 24.6 Å². The third-order valence-electron chi connectivity index (χ3n) is 6.81. The molecule has 2 aromatic heterocycles. The molecule has 9 heteroatoms. The lowest BCUT2D eigenvalue weighted by Crippen LogP contribution is -2.36. The van der Waals surface area contributed by atoms with Gasteiger partial charge in [-0.1, -0.05) is 18.9 Å². The van der Waals surface area contributed by atoms with Crippen molar-refractivity contribution in [2.75, 3.05) is 5.32 Å². The van der Waals surface area contributed by atoms with Gasteiger partial charge in [-0.3, -0.25) is 24.2 Å². The van der Waals surface area contributed by atoms with E-state index in [1.807, 2.05) is 6.92 Å². The summed E-state index contributed by atoms with van der Waals surface area (Å²) in [5.74, 6) is -2.58. The summed E-state index contributed by atoms with van der Waals surface area (Å²) in [4.78, 5) is 38.9. The second-order valence-electron chi connectivity index (χ2n) is 9.14. The first-order chi connectivity index (χ1) is 16.4. The summed E-state index contributed by atoms with van der Waals surface area (Å²) >= 11 is 0. The van der Waals surface area contributed by atoms with Crippen LogP contribution in [0.1, 0.15) is 65.1 Å². The van der Waals surface area contributed by atoms with Gasteiger partial charge >= 0.3 is 0 Å². The van der Waals surface area contributed by atoms with Crippen LogP contribution in [0.4, 0.5) is 10.1 Å². The number of aryl methyl sites for hydroxylation is 2. The molecule has 1 aliphatic carbocycles. The average Bonchev–Trinajstić information content (AvgIpc) is 3.45. The minimum absolute atomic E-state index is 0.0150. The van der Waals surface area contributed by atoms with E-state index in [0.717, 1.165) is 25.0 Å². The second kappa shape index (κ2) is 8.96. The maximum atomic E-state index is 15.0. The monoisotopic (exact) mass is 463 g/mol. The van der Waals surface area contributed by atoms with Crippen molar-refractivity contribution in [3.05, 3.63) is 53.2 Å². The van der Waals surface area contributed by atoms with Crippen molar-refractivity contribution in [3.63, 3.8) is 0 Å². The standard InChI is InChI=1S/C25H26FN5O3/c1-14-11-20(30-29-14)15-8-9-18(19(26)12-15)24(33)16-5-2-3-6-17(16)25(34)28-21-13-27-31-10-4-7-22(32)23(21)31/h8-9,11-13,16-17H,2-7,10H2,1H3,(H,28,34)(H,29,30). The van der Waals surface area contributed by atoms with Crippen molar-refractivity contribution in [3.8, 4) is 11.3 Å². The molecule has 2 N–H and O–H groups in total. The molecule has 176 valence electrons. The Kier molecular flexibility index (Phi) is 5.85. The number of amides is 1. The number of ketones is 2. The van der Waals surface area contributed by atoms with E-state index in [9.17, 15) is 14.4 Å². The molecular weight excluding hydrogens is 437 g/mol. The van der Waals surface area contributed by atoms with E-state index >= 15 is 4.39 Å². The SMILES string of the molecule is Cc1cc(-c2ccc(C(=O)C3CCCCC3C(=O)Nc3cnn4c3C(=O)CCC4)c(F)c2)n[nH]1. The van der Waals surface area contributed by atoms with E-state index in [1.54, 1.807) is 16.8 Å². The van der Waals surface area contributed by atoms with Crippen LogP contribution in [0.2, 0.25) is 0 Å². The Labute approximate surface area is 195 Å². The highest BCUT2D eigenvalue weighted by atomic mass is 19.1. The molecule has 5 rings (SSSR count). The fourth-order valence-corrected chi connectivity index (χ4v) is 5.07. The number of aromatic nitrogens is 4. The number of halogens is 1. The molecule has 0 saturated heterocycles. The largest absolute Gasteiger partial charge is 0.323 e. The summed E-state index contributed by atoms with van der Waals surface area (Å²) in [6.45, 7) is 2.49. The van der Waals surface area contributed by atoms with Crippen LogP contribution >= 0.6 is 0 Å². The van der Waals surface area contributed by atoms with Crippen molar-refractivity contribution < 1.29 is 18.8 Å². The molecule has 0 spiro atoms. The zero-order valence-electron chi connectivity index (χ0n) is 18.9. The topological polar surface area (TPSA) is 110 Å². The van der Waals surface area contributed by atoms with Crippen LogP contribution in [0.15, 0.2) is 30.5 Å². The lowest BCUT2D eigenvalue weighted by molar-refractivity contribution is -0.122. The molecule has 3 heterocycles. The van der Waals surface area contributed by atoms with Crippen LogP contribution in [-0.4, -0.2) is 37.5 Å². The highest BCUT2D eigenvalue weighted by Gasteiger charge is 2.37. The van der Waals surface area contributed by atoms with Crippen LogP contribution in [0.5, 0.6) is 0 Å². The highest BCUT2D eigenvalue weighted by Crippen LogP contribution is 2.35. The van der Waals surface area contributed by atoms with E-state index < -0.39 is 17.7 Å². The van der Waals surface area contributed by atoms with E-state index in [0.29, 0.717) is 48.4 Å². The van der Waals surface area contributed by atoms with Crippen molar-refractivity contribution in [1.82, 2.24) is 20.0 Å². The highest BCUT2D eigenvalue weighted by molar-refractivity contribution is 6.06. The summed E-state index contributed by atoms with van der Waals surface area (Å²) in [5, 5.41) is 14.0. The number of nitrogens with one attached hydrogen (secondary N) is 2. The van der Waals surface area contributed by atoms with Crippen molar-refractivity contribution in [2.45, 2.75) is 52.0 Å². The Balaban J connectivity index is 1.36. The van der Waals surface area contributed by atoms with Gasteiger partial charge in [0.2, 0.25) is 5.91 Å². The van der Waals surface area contributed by atoms with Gasteiger partial charge < -0.3 is 5.32 Å². The van der Waals surface area contributed by atoms with E-state index in [4.69, 9.17) is 0 Å². The number of carbonyl (C=O) groups is 3. The molecule has 34 heavy (non-hydrogen) atoms. The zero-order chi connectivity index (χ0) is 23.8. The summed E-state index contributed by atoms with van der Waals surface area (Å²) in [6, 6.07) is 6.27. The molecule has 8 nitrogen and oxygen atoms in total. The summed E-state index contributed by atoms with van der Waals surface area (Å²) in [5.41, 5.74) is 2.81. The lowest BCUT2D eigenvalue weighted by atomic mass is 9.74. The lowest BCUT2D eigenvalue weighted by Gasteiger charge is -2.29. The van der Waals surface area contributed by atoms with Crippen LogP contribution in [0.3, 0.4) is 0 Å².